The van der Waals surface area contributed by atoms with Gasteiger partial charge in [0.05, 0.1) is 23.3 Å². The van der Waals surface area contributed by atoms with E-state index in [0.717, 1.165) is 10.8 Å². The van der Waals surface area contributed by atoms with E-state index in [2.05, 4.69) is 0 Å². The Morgan fingerprint density at radius 2 is 0.953 bits per heavy atom. The van der Waals surface area contributed by atoms with Gasteiger partial charge in [-0.25, -0.2) is 0 Å². The summed E-state index contributed by atoms with van der Waals surface area (Å²) in [6.45, 7) is 0. The van der Waals surface area contributed by atoms with E-state index in [4.69, 9.17) is 20.9 Å². The lowest BCUT2D eigenvalue weighted by Crippen LogP contribution is -1.92. The first-order chi connectivity index (χ1) is 28.4. The van der Waals surface area contributed by atoms with Crippen LogP contribution < -0.4 is 0 Å². The van der Waals surface area contributed by atoms with Crippen LogP contribution in [0.5, 0.6) is 0 Å². The molecule has 0 N–H and O–H groups in total. The molecule has 200 valence electrons. The molecular formula is C42H26O. The van der Waals surface area contributed by atoms with Crippen LogP contribution in [0.1, 0.15) is 23.3 Å². The van der Waals surface area contributed by atoms with Crippen molar-refractivity contribution in [2.45, 2.75) is 0 Å². The summed E-state index contributed by atoms with van der Waals surface area (Å²) in [5.41, 5.74) is -1.13. The smallest absolute Gasteiger partial charge is 0.136 e. The summed E-state index contributed by atoms with van der Waals surface area (Å²) in [6.07, 6.45) is 0. The van der Waals surface area contributed by atoms with Gasteiger partial charge in [-0.3, -0.25) is 0 Å². The third-order valence-corrected chi connectivity index (χ3v) is 7.69. The van der Waals surface area contributed by atoms with E-state index >= 15 is 0 Å². The molecule has 1 nitrogen and oxygen atoms in total. The van der Waals surface area contributed by atoms with Crippen LogP contribution >= 0.6 is 0 Å². The van der Waals surface area contributed by atoms with Crippen LogP contribution in [0.15, 0.2) is 162 Å². The maximum Gasteiger partial charge on any atom is 0.136 e. The van der Waals surface area contributed by atoms with Gasteiger partial charge < -0.3 is 4.42 Å². The van der Waals surface area contributed by atoms with E-state index < -0.39 is 136 Å². The van der Waals surface area contributed by atoms with Crippen LogP contribution in [0, 0.1) is 0 Å². The van der Waals surface area contributed by atoms with Gasteiger partial charge in [0.25, 0.3) is 0 Å². The van der Waals surface area contributed by atoms with Gasteiger partial charge in [0.2, 0.25) is 0 Å². The SMILES string of the molecule is [2H]c1c([2H])c([2H])c(-c2c([2H])c([2H])c([2H])c([2H])c2-c2c3c([2H])c([2H])c([2H])c([2H])c3c(-c3ccc4oc5cc6ccccc6cc5c4c3)c3c([2H])c([2H])c([2H])c([2H])c23)c([2H])c1[2H]. The zero-order chi connectivity index (χ0) is 43.1. The summed E-state index contributed by atoms with van der Waals surface area (Å²) >= 11 is 0. The van der Waals surface area contributed by atoms with Crippen molar-refractivity contribution >= 4 is 54.3 Å². The van der Waals surface area contributed by atoms with Crippen LogP contribution in [0.25, 0.3) is 87.6 Å². The predicted octanol–water partition coefficient (Wildman–Crippen LogP) is 12.0. The zero-order valence-electron chi connectivity index (χ0n) is 39.1. The van der Waals surface area contributed by atoms with Gasteiger partial charge in [-0.1, -0.05) is 133 Å². The Hall–Kier alpha value is -5.66. The molecule has 8 aromatic carbocycles. The molecular weight excluding hydrogens is 520 g/mol. The zero-order valence-corrected chi connectivity index (χ0v) is 22.1. The lowest BCUT2D eigenvalue weighted by atomic mass is 9.83. The van der Waals surface area contributed by atoms with E-state index in [0.29, 0.717) is 21.9 Å². The predicted molar refractivity (Wildman–Crippen MR) is 183 cm³/mol. The first-order valence-electron chi connectivity index (χ1n) is 21.9. The second-order valence-corrected chi connectivity index (χ2v) is 10.0. The van der Waals surface area contributed by atoms with E-state index in [-0.39, 0.29) is 21.9 Å². The fourth-order valence-electron chi connectivity index (χ4n) is 5.84. The van der Waals surface area contributed by atoms with Crippen molar-refractivity contribution in [3.63, 3.8) is 0 Å². The highest BCUT2D eigenvalue weighted by Gasteiger charge is 2.19. The Labute approximate surface area is 273 Å². The largest absolute Gasteiger partial charge is 0.456 e. The summed E-state index contributed by atoms with van der Waals surface area (Å²) in [5, 5.41) is 1.81. The Kier molecular flexibility index (Phi) is 2.79. The number of fused-ring (bicyclic) bond motifs is 6. The maximum absolute atomic E-state index is 9.39. The summed E-state index contributed by atoms with van der Waals surface area (Å²) in [7, 11) is 0. The van der Waals surface area contributed by atoms with Gasteiger partial charge in [0.15, 0.2) is 0 Å². The molecule has 0 radical (unpaired) electrons. The normalized spacial score (nSPS) is 17.3. The van der Waals surface area contributed by atoms with Gasteiger partial charge in [0, 0.05) is 10.8 Å². The number of furan rings is 1. The van der Waals surface area contributed by atoms with Crippen LogP contribution in [0.3, 0.4) is 0 Å². The first kappa shape index (κ1) is 12.7. The van der Waals surface area contributed by atoms with E-state index in [1.54, 1.807) is 18.2 Å². The van der Waals surface area contributed by atoms with Gasteiger partial charge in [0.1, 0.15) is 11.2 Å². The van der Waals surface area contributed by atoms with Crippen molar-refractivity contribution in [1.82, 2.24) is 0 Å². The quantitative estimate of drug-likeness (QED) is 0.195. The lowest BCUT2D eigenvalue weighted by molar-refractivity contribution is 0.669. The molecule has 0 bridgehead atoms. The number of rotatable bonds is 3. The molecule has 1 heterocycles. The molecule has 0 unspecified atom stereocenters. The molecule has 0 amide bonds. The minimum absolute atomic E-state index is 0.0371. The second-order valence-electron chi connectivity index (χ2n) is 10.0. The van der Waals surface area contributed by atoms with Crippen molar-refractivity contribution in [2.75, 3.05) is 0 Å². The van der Waals surface area contributed by atoms with Crippen LogP contribution in [0.4, 0.5) is 0 Å². The molecule has 0 saturated carbocycles. The van der Waals surface area contributed by atoms with E-state index in [1.807, 2.05) is 36.4 Å². The van der Waals surface area contributed by atoms with Crippen molar-refractivity contribution in [1.29, 1.82) is 0 Å². The topological polar surface area (TPSA) is 13.1 Å². The fraction of sp³-hybridized carbons (Fsp3) is 0. The standard InChI is InChI=1S/C42H26O/c1-2-12-27(13-3-1)31-16-6-7-17-32(31)42-35-20-10-8-18-33(35)41(34-19-9-11-21-36(34)42)30-22-23-39-37(25-30)38-24-28-14-4-5-15-29(28)26-40(38)43-39/h1-26H/i1D,2D,3D,6D,7D,8D,9D,10D,11D,12D,13D,16D,17D,18D,19D,20D,21D. The van der Waals surface area contributed by atoms with Crippen molar-refractivity contribution < 1.29 is 27.7 Å². The molecule has 0 fully saturated rings. The molecule has 1 aromatic heterocycles. The number of hydrogen-bond donors (Lipinski definition) is 0. The van der Waals surface area contributed by atoms with Crippen LogP contribution in [0.2, 0.25) is 0 Å². The fourth-order valence-corrected chi connectivity index (χ4v) is 5.84. The van der Waals surface area contributed by atoms with Crippen molar-refractivity contribution in [3.05, 3.63) is 157 Å². The second kappa shape index (κ2) is 9.44. The summed E-state index contributed by atoms with van der Waals surface area (Å²) in [4.78, 5) is 0. The summed E-state index contributed by atoms with van der Waals surface area (Å²) < 4.78 is 158. The first-order valence-corrected chi connectivity index (χ1v) is 13.4. The highest BCUT2D eigenvalue weighted by molar-refractivity contribution is 6.23. The van der Waals surface area contributed by atoms with E-state index in [1.165, 1.54) is 0 Å². The number of hydrogen-bond acceptors (Lipinski definition) is 1. The Morgan fingerprint density at radius 3 is 1.65 bits per heavy atom. The average Bonchev–Trinajstić information content (AvgIpc) is 3.60. The molecule has 9 aromatic rings. The Morgan fingerprint density at radius 1 is 0.395 bits per heavy atom. The molecule has 9 rings (SSSR count). The highest BCUT2D eigenvalue weighted by atomic mass is 16.3. The third-order valence-electron chi connectivity index (χ3n) is 7.69. The molecule has 1 heteroatoms. The van der Waals surface area contributed by atoms with Crippen LogP contribution in [-0.4, -0.2) is 0 Å². The Balaban J connectivity index is 1.57. The van der Waals surface area contributed by atoms with Crippen LogP contribution in [-0.2, 0) is 0 Å². The third kappa shape index (κ3) is 3.72. The van der Waals surface area contributed by atoms with E-state index in [9.17, 15) is 6.85 Å². The average molecular weight is 564 g/mol. The molecule has 0 aliphatic heterocycles. The lowest BCUT2D eigenvalue weighted by Gasteiger charge is -2.19. The molecule has 0 aliphatic rings. The molecule has 0 atom stereocenters. The minimum Gasteiger partial charge on any atom is -0.456 e. The molecule has 0 saturated heterocycles. The molecule has 0 spiro atoms. The van der Waals surface area contributed by atoms with Gasteiger partial charge in [-0.05, 0) is 90.0 Å². The molecule has 43 heavy (non-hydrogen) atoms. The highest BCUT2D eigenvalue weighted by Crippen LogP contribution is 2.46. The minimum atomic E-state index is -0.860. The van der Waals surface area contributed by atoms with Gasteiger partial charge >= 0.3 is 0 Å². The Bertz CT molecular complexity index is 3350. The summed E-state index contributed by atoms with van der Waals surface area (Å²) in [6, 6.07) is 3.18. The van der Waals surface area contributed by atoms with Crippen molar-refractivity contribution in [3.8, 4) is 33.4 Å². The van der Waals surface area contributed by atoms with Gasteiger partial charge in [-0.2, -0.15) is 0 Å². The van der Waals surface area contributed by atoms with Crippen molar-refractivity contribution in [2.24, 2.45) is 0 Å². The summed E-state index contributed by atoms with van der Waals surface area (Å²) in [5.74, 6) is 0. The molecule has 0 aliphatic carbocycles. The van der Waals surface area contributed by atoms with Gasteiger partial charge in [-0.15, -0.1) is 0 Å². The maximum atomic E-state index is 9.39. The monoisotopic (exact) mass is 563 g/mol. The number of benzene rings is 8.